The zero-order chi connectivity index (χ0) is 13.0. The van der Waals surface area contributed by atoms with E-state index in [1.165, 1.54) is 12.1 Å². The van der Waals surface area contributed by atoms with Gasteiger partial charge in [0, 0.05) is 0 Å². The van der Waals surface area contributed by atoms with E-state index in [0.717, 1.165) is 0 Å². The molecular weight excluding hydrogens is 268 g/mol. The number of hydrogen-bond donors (Lipinski definition) is 2. The summed E-state index contributed by atoms with van der Waals surface area (Å²) in [4.78, 5) is 10.3. The Balaban J connectivity index is -0.000000240. The molecular formula is C13H20CuO3. The zero-order valence-electron chi connectivity index (χ0n) is 10.6. The molecule has 1 radical (unpaired) electrons. The van der Waals surface area contributed by atoms with Gasteiger partial charge in [-0.25, -0.2) is 4.79 Å². The average Bonchev–Trinajstić information content (AvgIpc) is 2.20. The SMILES string of the molecule is C[CH-]C.C[CH-]C.O=C(O)c1ccccc1O.[Cu+2]. The summed E-state index contributed by atoms with van der Waals surface area (Å²) in [6.07, 6.45) is 4.00. The van der Waals surface area contributed by atoms with Crippen molar-refractivity contribution in [2.24, 2.45) is 0 Å². The quantitative estimate of drug-likeness (QED) is 0.613. The van der Waals surface area contributed by atoms with Gasteiger partial charge in [-0.15, -0.1) is 0 Å². The number of carbonyl (C=O) groups is 1. The van der Waals surface area contributed by atoms with Gasteiger partial charge in [-0.2, -0.15) is 27.7 Å². The van der Waals surface area contributed by atoms with Crippen LogP contribution in [0.2, 0.25) is 0 Å². The molecule has 0 atom stereocenters. The number of carboxylic acids is 1. The molecule has 101 valence electrons. The molecule has 0 unspecified atom stereocenters. The first kappa shape index (κ1) is 21.3. The smallest absolute Gasteiger partial charge is 0.507 e. The molecule has 2 N–H and O–H groups in total. The van der Waals surface area contributed by atoms with E-state index < -0.39 is 5.97 Å². The Kier molecular flexibility index (Phi) is 18.8. The second-order valence-corrected chi connectivity index (χ2v) is 2.98. The minimum atomic E-state index is -1.11. The van der Waals surface area contributed by atoms with Crippen molar-refractivity contribution in [1.82, 2.24) is 0 Å². The predicted octanol–water partition coefficient (Wildman–Crippen LogP) is 3.55. The van der Waals surface area contributed by atoms with Crippen molar-refractivity contribution in [2.45, 2.75) is 27.7 Å². The Morgan fingerprint density at radius 3 is 1.65 bits per heavy atom. The summed E-state index contributed by atoms with van der Waals surface area (Å²) in [7, 11) is 0. The van der Waals surface area contributed by atoms with E-state index in [1.54, 1.807) is 12.1 Å². The third kappa shape index (κ3) is 12.9. The van der Waals surface area contributed by atoms with Crippen molar-refractivity contribution in [2.75, 3.05) is 0 Å². The van der Waals surface area contributed by atoms with Crippen molar-refractivity contribution < 1.29 is 32.1 Å². The van der Waals surface area contributed by atoms with Crippen molar-refractivity contribution in [3.8, 4) is 5.75 Å². The molecule has 0 aliphatic carbocycles. The number of phenols is 1. The van der Waals surface area contributed by atoms with Gasteiger partial charge in [-0.3, -0.25) is 0 Å². The van der Waals surface area contributed by atoms with Crippen LogP contribution in [0.4, 0.5) is 0 Å². The van der Waals surface area contributed by atoms with Gasteiger partial charge < -0.3 is 23.1 Å². The van der Waals surface area contributed by atoms with Crippen LogP contribution in [-0.4, -0.2) is 16.2 Å². The second-order valence-electron chi connectivity index (χ2n) is 2.98. The van der Waals surface area contributed by atoms with E-state index >= 15 is 0 Å². The molecule has 0 aliphatic rings. The number of para-hydroxylation sites is 1. The molecule has 0 heterocycles. The number of hydrogen-bond acceptors (Lipinski definition) is 2. The van der Waals surface area contributed by atoms with Crippen molar-refractivity contribution in [3.05, 3.63) is 42.7 Å². The first-order valence-electron chi connectivity index (χ1n) is 5.04. The van der Waals surface area contributed by atoms with Gasteiger partial charge >= 0.3 is 23.0 Å². The van der Waals surface area contributed by atoms with E-state index in [2.05, 4.69) is 0 Å². The number of rotatable bonds is 1. The van der Waals surface area contributed by atoms with Crippen LogP contribution in [-0.2, 0) is 17.1 Å². The van der Waals surface area contributed by atoms with E-state index in [4.69, 9.17) is 10.2 Å². The minimum absolute atomic E-state index is 0. The fourth-order valence-corrected chi connectivity index (χ4v) is 0.654. The van der Waals surface area contributed by atoms with Crippen LogP contribution in [0, 0.1) is 12.8 Å². The van der Waals surface area contributed by atoms with Crippen molar-refractivity contribution in [3.63, 3.8) is 0 Å². The van der Waals surface area contributed by atoms with Gasteiger partial charge in [0.15, 0.2) is 0 Å². The van der Waals surface area contributed by atoms with E-state index in [9.17, 15) is 4.79 Å². The van der Waals surface area contributed by atoms with Gasteiger partial charge in [-0.1, -0.05) is 12.1 Å². The zero-order valence-corrected chi connectivity index (χ0v) is 11.5. The summed E-state index contributed by atoms with van der Waals surface area (Å²) in [5.41, 5.74) is -0.0671. The Hall–Kier alpha value is -0.991. The standard InChI is InChI=1S/C7H6O3.2C3H7.Cu/c8-6-4-2-1-3-5(6)7(9)10;2*1-3-2;/h1-4,8H,(H,9,10);2*3H,1-2H3;/q;2*-1;+2. The summed E-state index contributed by atoms with van der Waals surface area (Å²) >= 11 is 0. The third-order valence-electron chi connectivity index (χ3n) is 1.13. The maximum atomic E-state index is 10.3. The summed E-state index contributed by atoms with van der Waals surface area (Å²) < 4.78 is 0. The average molecular weight is 288 g/mol. The van der Waals surface area contributed by atoms with Crippen LogP contribution in [0.5, 0.6) is 5.75 Å². The van der Waals surface area contributed by atoms with Gasteiger partial charge in [0.1, 0.15) is 11.3 Å². The minimum Gasteiger partial charge on any atom is -0.507 e. The summed E-state index contributed by atoms with van der Waals surface area (Å²) in [6, 6.07) is 5.81. The maximum Gasteiger partial charge on any atom is 2.00 e. The fourth-order valence-electron chi connectivity index (χ4n) is 0.654. The fraction of sp³-hybridized carbons (Fsp3) is 0.308. The topological polar surface area (TPSA) is 57.5 Å². The summed E-state index contributed by atoms with van der Waals surface area (Å²) in [5.74, 6) is -1.31. The molecule has 1 rings (SSSR count). The second kappa shape index (κ2) is 15.0. The predicted molar refractivity (Wildman–Crippen MR) is 66.4 cm³/mol. The first-order valence-corrected chi connectivity index (χ1v) is 5.04. The maximum absolute atomic E-state index is 10.3. The van der Waals surface area contributed by atoms with Gasteiger partial charge in [0.25, 0.3) is 0 Å². The van der Waals surface area contributed by atoms with E-state index in [-0.39, 0.29) is 28.4 Å². The summed E-state index contributed by atoms with van der Waals surface area (Å²) in [5, 5.41) is 17.3. The largest absolute Gasteiger partial charge is 2.00 e. The number of aromatic carboxylic acids is 1. The van der Waals surface area contributed by atoms with Crippen LogP contribution < -0.4 is 0 Å². The van der Waals surface area contributed by atoms with Gasteiger partial charge in [-0.05, 0) is 12.1 Å². The van der Waals surface area contributed by atoms with Crippen molar-refractivity contribution >= 4 is 5.97 Å². The Bertz CT molecular complexity index is 286. The number of carboxylic acid groups (broad SMARTS) is 1. The van der Waals surface area contributed by atoms with Crippen LogP contribution in [0.15, 0.2) is 24.3 Å². The van der Waals surface area contributed by atoms with Crippen LogP contribution in [0.25, 0.3) is 0 Å². The van der Waals surface area contributed by atoms with E-state index in [0.29, 0.717) is 0 Å². The molecule has 0 aromatic heterocycles. The molecule has 0 aliphatic heterocycles. The third-order valence-corrected chi connectivity index (χ3v) is 1.13. The molecule has 0 saturated heterocycles. The summed E-state index contributed by atoms with van der Waals surface area (Å²) in [6.45, 7) is 8.00. The monoisotopic (exact) mass is 287 g/mol. The molecule has 17 heavy (non-hydrogen) atoms. The molecule has 1 aromatic rings. The Morgan fingerprint density at radius 1 is 1.06 bits per heavy atom. The molecule has 4 heteroatoms. The molecule has 0 saturated carbocycles. The van der Waals surface area contributed by atoms with Crippen LogP contribution in [0.1, 0.15) is 38.1 Å². The molecule has 3 nitrogen and oxygen atoms in total. The van der Waals surface area contributed by atoms with Crippen LogP contribution in [0.3, 0.4) is 0 Å². The Morgan fingerprint density at radius 2 is 1.41 bits per heavy atom. The Labute approximate surface area is 114 Å². The van der Waals surface area contributed by atoms with Gasteiger partial charge in [0.05, 0.1) is 0 Å². The molecule has 0 amide bonds. The molecule has 0 fully saturated rings. The van der Waals surface area contributed by atoms with Gasteiger partial charge in [0.2, 0.25) is 0 Å². The first-order chi connectivity index (χ1) is 7.54. The molecule has 1 aromatic carbocycles. The van der Waals surface area contributed by atoms with Crippen molar-refractivity contribution in [1.29, 1.82) is 0 Å². The van der Waals surface area contributed by atoms with E-state index in [1.807, 2.05) is 40.5 Å². The normalized spacial score (nSPS) is 7.53. The van der Waals surface area contributed by atoms with Crippen LogP contribution >= 0.6 is 0 Å². The molecule has 0 bridgehead atoms. The molecule has 0 spiro atoms. The number of benzene rings is 1. The number of aromatic hydroxyl groups is 1.